The van der Waals surface area contributed by atoms with Crippen LogP contribution in [0.4, 0.5) is 0 Å². The first-order chi connectivity index (χ1) is 7.92. The maximum atomic E-state index is 6.12. The van der Waals surface area contributed by atoms with Crippen molar-refractivity contribution in [2.24, 2.45) is 11.3 Å². The second-order valence-electron chi connectivity index (χ2n) is 5.09. The zero-order valence-electron chi connectivity index (χ0n) is 10.9. The Morgan fingerprint density at radius 3 is 2.47 bits per heavy atom. The molecule has 1 nitrogen and oxygen atoms in total. The van der Waals surface area contributed by atoms with Crippen LogP contribution in [0.1, 0.15) is 26.3 Å². The molecule has 0 aliphatic heterocycles. The molecule has 17 heavy (non-hydrogen) atoms. The molecular formula is C14H20BrClO. The van der Waals surface area contributed by atoms with E-state index in [2.05, 4.69) is 48.8 Å². The molecule has 0 aromatic heterocycles. The Bertz CT molecular complexity index is 378. The third-order valence-electron chi connectivity index (χ3n) is 3.52. The lowest BCUT2D eigenvalue weighted by Crippen LogP contribution is -2.28. The molecule has 0 spiro atoms. The maximum Gasteiger partial charge on any atom is 0.133 e. The van der Waals surface area contributed by atoms with Gasteiger partial charge in [-0.05, 0) is 51.4 Å². The Kier molecular flexibility index (Phi) is 5.33. The van der Waals surface area contributed by atoms with Crippen LogP contribution in [-0.2, 0) is 6.42 Å². The average Bonchev–Trinajstić information content (AvgIpc) is 2.29. The van der Waals surface area contributed by atoms with Crippen molar-refractivity contribution >= 4 is 27.5 Å². The fraction of sp³-hybridized carbons (Fsp3) is 0.571. The molecular weight excluding hydrogens is 300 g/mol. The molecule has 0 fully saturated rings. The van der Waals surface area contributed by atoms with E-state index in [-0.39, 0.29) is 5.41 Å². The van der Waals surface area contributed by atoms with Gasteiger partial charge in [0.25, 0.3) is 0 Å². The molecule has 1 unspecified atom stereocenters. The molecule has 0 N–H and O–H groups in total. The van der Waals surface area contributed by atoms with E-state index in [9.17, 15) is 0 Å². The van der Waals surface area contributed by atoms with Crippen molar-refractivity contribution in [1.29, 1.82) is 0 Å². The van der Waals surface area contributed by atoms with Crippen LogP contribution >= 0.6 is 27.5 Å². The van der Waals surface area contributed by atoms with Gasteiger partial charge in [0.05, 0.1) is 11.6 Å². The lowest BCUT2D eigenvalue weighted by Gasteiger charge is -2.32. The first-order valence-corrected chi connectivity index (χ1v) is 7.14. The molecule has 0 saturated carbocycles. The van der Waals surface area contributed by atoms with Gasteiger partial charge in [0, 0.05) is 5.88 Å². The summed E-state index contributed by atoms with van der Waals surface area (Å²) in [6.07, 6.45) is 0.983. The molecule has 0 radical (unpaired) electrons. The van der Waals surface area contributed by atoms with Crippen molar-refractivity contribution < 1.29 is 4.74 Å². The molecule has 3 heteroatoms. The molecule has 96 valence electrons. The first-order valence-electron chi connectivity index (χ1n) is 5.81. The van der Waals surface area contributed by atoms with Crippen molar-refractivity contribution in [3.63, 3.8) is 0 Å². The molecule has 1 atom stereocenters. The van der Waals surface area contributed by atoms with Gasteiger partial charge in [0.2, 0.25) is 0 Å². The molecule has 0 amide bonds. The quantitative estimate of drug-likeness (QED) is 0.701. The third kappa shape index (κ3) is 3.62. The Balaban J connectivity index is 2.91. The van der Waals surface area contributed by atoms with E-state index >= 15 is 0 Å². The molecule has 0 saturated heterocycles. The summed E-state index contributed by atoms with van der Waals surface area (Å²) in [5.41, 5.74) is 1.42. The van der Waals surface area contributed by atoms with E-state index in [0.717, 1.165) is 16.6 Å². The maximum absolute atomic E-state index is 6.12. The van der Waals surface area contributed by atoms with E-state index < -0.39 is 0 Å². The predicted octanol–water partition coefficient (Wildman–Crippen LogP) is 4.90. The van der Waals surface area contributed by atoms with Gasteiger partial charge in [-0.15, -0.1) is 11.6 Å². The van der Waals surface area contributed by atoms with Crippen molar-refractivity contribution in [3.05, 3.63) is 28.2 Å². The molecule has 0 bridgehead atoms. The second kappa shape index (κ2) is 6.10. The fourth-order valence-corrected chi connectivity index (χ4v) is 2.68. The van der Waals surface area contributed by atoms with E-state index in [1.807, 2.05) is 6.07 Å². The van der Waals surface area contributed by atoms with Gasteiger partial charge in [-0.2, -0.15) is 0 Å². The molecule has 1 aromatic rings. The number of halogens is 2. The summed E-state index contributed by atoms with van der Waals surface area (Å²) in [5.74, 6) is 2.10. The third-order valence-corrected chi connectivity index (χ3v) is 4.75. The van der Waals surface area contributed by atoms with E-state index in [4.69, 9.17) is 16.3 Å². The normalized spacial score (nSPS) is 14.8. The summed E-state index contributed by atoms with van der Waals surface area (Å²) >= 11 is 9.63. The topological polar surface area (TPSA) is 9.23 Å². The predicted molar refractivity (Wildman–Crippen MR) is 78.1 cm³/mol. The zero-order valence-corrected chi connectivity index (χ0v) is 13.2. The van der Waals surface area contributed by atoms with Gasteiger partial charge < -0.3 is 4.74 Å². The average molecular weight is 320 g/mol. The van der Waals surface area contributed by atoms with Gasteiger partial charge in [-0.1, -0.05) is 26.8 Å². The Morgan fingerprint density at radius 2 is 2.06 bits per heavy atom. The monoisotopic (exact) mass is 318 g/mol. The summed E-state index contributed by atoms with van der Waals surface area (Å²) in [5, 5.41) is 0. The summed E-state index contributed by atoms with van der Waals surface area (Å²) < 4.78 is 6.23. The number of ether oxygens (including phenoxy) is 1. The number of benzene rings is 1. The van der Waals surface area contributed by atoms with Crippen molar-refractivity contribution in [3.8, 4) is 5.75 Å². The van der Waals surface area contributed by atoms with E-state index in [0.29, 0.717) is 11.8 Å². The Hall–Kier alpha value is -0.210. The van der Waals surface area contributed by atoms with Crippen molar-refractivity contribution in [1.82, 2.24) is 0 Å². The van der Waals surface area contributed by atoms with Crippen LogP contribution in [0.3, 0.4) is 0 Å². The van der Waals surface area contributed by atoms with Crippen LogP contribution in [-0.4, -0.2) is 13.0 Å². The summed E-state index contributed by atoms with van der Waals surface area (Å²) in [7, 11) is 1.68. The lowest BCUT2D eigenvalue weighted by molar-refractivity contribution is 0.253. The standard InChI is InChI=1S/C14H20BrClO/c1-10(2)14(3,9-16)8-11-5-6-13(17-4)12(15)7-11/h5-7,10H,8-9H2,1-4H3. The second-order valence-corrected chi connectivity index (χ2v) is 6.21. The number of hydrogen-bond donors (Lipinski definition) is 0. The molecule has 0 aliphatic carbocycles. The summed E-state index contributed by atoms with van der Waals surface area (Å²) in [6, 6.07) is 6.22. The highest BCUT2D eigenvalue weighted by molar-refractivity contribution is 9.10. The van der Waals surface area contributed by atoms with Crippen molar-refractivity contribution in [2.75, 3.05) is 13.0 Å². The molecule has 1 aromatic carbocycles. The minimum atomic E-state index is 0.135. The number of hydrogen-bond acceptors (Lipinski definition) is 1. The fourth-order valence-electron chi connectivity index (χ4n) is 1.69. The van der Waals surface area contributed by atoms with Gasteiger partial charge in [0.1, 0.15) is 5.75 Å². The van der Waals surface area contributed by atoms with Crippen LogP contribution in [0.15, 0.2) is 22.7 Å². The highest BCUT2D eigenvalue weighted by Crippen LogP contribution is 2.34. The SMILES string of the molecule is COc1ccc(CC(C)(CCl)C(C)C)cc1Br. The number of rotatable bonds is 5. The summed E-state index contributed by atoms with van der Waals surface area (Å²) in [6.45, 7) is 6.69. The molecule has 0 aliphatic rings. The van der Waals surface area contributed by atoms with Gasteiger partial charge in [-0.3, -0.25) is 0 Å². The van der Waals surface area contributed by atoms with Crippen LogP contribution in [0, 0.1) is 11.3 Å². The molecule has 0 heterocycles. The van der Waals surface area contributed by atoms with Gasteiger partial charge in [0.15, 0.2) is 0 Å². The zero-order chi connectivity index (χ0) is 13.1. The summed E-state index contributed by atoms with van der Waals surface area (Å²) in [4.78, 5) is 0. The van der Waals surface area contributed by atoms with Crippen LogP contribution in [0.5, 0.6) is 5.75 Å². The Morgan fingerprint density at radius 1 is 1.41 bits per heavy atom. The van der Waals surface area contributed by atoms with E-state index in [1.54, 1.807) is 7.11 Å². The minimum absolute atomic E-state index is 0.135. The minimum Gasteiger partial charge on any atom is -0.496 e. The van der Waals surface area contributed by atoms with Crippen LogP contribution in [0.25, 0.3) is 0 Å². The van der Waals surface area contributed by atoms with Gasteiger partial charge >= 0.3 is 0 Å². The van der Waals surface area contributed by atoms with Crippen LogP contribution < -0.4 is 4.74 Å². The Labute approximate surface area is 118 Å². The number of methoxy groups -OCH3 is 1. The highest BCUT2D eigenvalue weighted by atomic mass is 79.9. The largest absolute Gasteiger partial charge is 0.496 e. The highest BCUT2D eigenvalue weighted by Gasteiger charge is 2.27. The van der Waals surface area contributed by atoms with Crippen molar-refractivity contribution in [2.45, 2.75) is 27.2 Å². The van der Waals surface area contributed by atoms with E-state index in [1.165, 1.54) is 5.56 Å². The number of alkyl halides is 1. The van der Waals surface area contributed by atoms with Crippen LogP contribution in [0.2, 0.25) is 0 Å². The first kappa shape index (κ1) is 14.8. The van der Waals surface area contributed by atoms with Gasteiger partial charge in [-0.25, -0.2) is 0 Å². The lowest BCUT2D eigenvalue weighted by atomic mass is 9.76. The molecule has 1 rings (SSSR count). The smallest absolute Gasteiger partial charge is 0.133 e.